The fourth-order valence-corrected chi connectivity index (χ4v) is 2.62. The van der Waals surface area contributed by atoms with Gasteiger partial charge in [0.1, 0.15) is 12.3 Å². The maximum absolute atomic E-state index is 12.6. The Balaban J connectivity index is 1.70. The van der Waals surface area contributed by atoms with E-state index in [-0.39, 0.29) is 23.8 Å². The van der Waals surface area contributed by atoms with Crippen LogP contribution in [-0.4, -0.2) is 41.3 Å². The zero-order valence-electron chi connectivity index (χ0n) is 13.0. The van der Waals surface area contributed by atoms with Crippen molar-refractivity contribution in [2.24, 2.45) is 0 Å². The number of carbonyl (C=O) groups excluding carboxylic acids is 2. The van der Waals surface area contributed by atoms with Crippen molar-refractivity contribution in [3.05, 3.63) is 47.3 Å². The number of aldehydes is 1. The lowest BCUT2D eigenvalue weighted by molar-refractivity contribution is -0.176. The number of hydrogen-bond donors (Lipinski definition) is 0. The highest BCUT2D eigenvalue weighted by atomic mass is 19.4. The van der Waals surface area contributed by atoms with Crippen LogP contribution in [0.15, 0.2) is 30.5 Å². The summed E-state index contributed by atoms with van der Waals surface area (Å²) in [7, 11) is 0. The minimum Gasteiger partial charge on any atom is -0.367 e. The van der Waals surface area contributed by atoms with Crippen molar-refractivity contribution < 1.29 is 27.5 Å². The Bertz CT molecular complexity index is 784. The van der Waals surface area contributed by atoms with Crippen molar-refractivity contribution in [3.8, 4) is 0 Å². The zero-order chi connectivity index (χ0) is 18.0. The lowest BCUT2D eigenvalue weighted by atomic mass is 10.1. The number of halogens is 3. The molecular formula is C16H14F3N3O3. The summed E-state index contributed by atoms with van der Waals surface area (Å²) in [5.74, 6) is -0.341. The first-order chi connectivity index (χ1) is 11.9. The molecule has 0 saturated heterocycles. The molecule has 132 valence electrons. The topological polar surface area (TPSA) is 64.4 Å². The summed E-state index contributed by atoms with van der Waals surface area (Å²) in [6.07, 6.45) is -2.43. The largest absolute Gasteiger partial charge is 0.411 e. The molecule has 0 N–H and O–H groups in total. The fraction of sp³-hybridized carbons (Fsp3) is 0.312. The average molecular weight is 353 g/mol. The van der Waals surface area contributed by atoms with Crippen LogP contribution in [-0.2, 0) is 17.9 Å². The molecule has 1 aliphatic rings. The first kappa shape index (κ1) is 17.2. The molecule has 0 atom stereocenters. The summed E-state index contributed by atoms with van der Waals surface area (Å²) in [5.41, 5.74) is 1.62. The van der Waals surface area contributed by atoms with Crippen molar-refractivity contribution in [2.45, 2.75) is 19.3 Å². The van der Waals surface area contributed by atoms with Crippen LogP contribution in [0.4, 0.5) is 18.9 Å². The standard InChI is InChI=1S/C16H14F3N3O3/c17-16(18,19)10-25-9-11-1-3-13(4-2-11)21-5-6-22-14(15(21)24)12(8-23)7-20-22/h1-4,7-8H,5-6,9-10H2. The van der Waals surface area contributed by atoms with Gasteiger partial charge in [0.15, 0.2) is 6.29 Å². The first-order valence-electron chi connectivity index (χ1n) is 7.45. The molecule has 0 radical (unpaired) electrons. The fourth-order valence-electron chi connectivity index (χ4n) is 2.62. The predicted molar refractivity (Wildman–Crippen MR) is 81.4 cm³/mol. The number of aromatic nitrogens is 2. The summed E-state index contributed by atoms with van der Waals surface area (Å²) in [4.78, 5) is 25.1. The molecule has 0 fully saturated rings. The molecule has 0 bridgehead atoms. The number of fused-ring (bicyclic) bond motifs is 1. The zero-order valence-corrected chi connectivity index (χ0v) is 13.0. The van der Waals surface area contributed by atoms with E-state index in [0.29, 0.717) is 30.6 Å². The summed E-state index contributed by atoms with van der Waals surface area (Å²) in [5, 5.41) is 4.00. The van der Waals surface area contributed by atoms with Gasteiger partial charge in [0.05, 0.1) is 24.9 Å². The molecule has 1 aliphatic heterocycles. The number of anilines is 1. The van der Waals surface area contributed by atoms with Crippen molar-refractivity contribution in [1.29, 1.82) is 0 Å². The lowest BCUT2D eigenvalue weighted by Crippen LogP contribution is -2.41. The maximum Gasteiger partial charge on any atom is 0.411 e. The Morgan fingerprint density at radius 3 is 2.56 bits per heavy atom. The van der Waals surface area contributed by atoms with Crippen LogP contribution in [0.5, 0.6) is 0 Å². The summed E-state index contributed by atoms with van der Waals surface area (Å²) in [6, 6.07) is 6.48. The number of carbonyl (C=O) groups is 2. The van der Waals surface area contributed by atoms with Gasteiger partial charge in [-0.15, -0.1) is 0 Å². The van der Waals surface area contributed by atoms with Gasteiger partial charge >= 0.3 is 6.18 Å². The minimum absolute atomic E-state index is 0.171. The Morgan fingerprint density at radius 1 is 1.20 bits per heavy atom. The Kier molecular flexibility index (Phi) is 4.58. The van der Waals surface area contributed by atoms with Crippen molar-refractivity contribution in [1.82, 2.24) is 9.78 Å². The van der Waals surface area contributed by atoms with Crippen molar-refractivity contribution in [2.75, 3.05) is 18.1 Å². The third-order valence-electron chi connectivity index (χ3n) is 3.76. The minimum atomic E-state index is -4.36. The molecule has 3 rings (SSSR count). The number of hydrogen-bond acceptors (Lipinski definition) is 4. The third-order valence-corrected chi connectivity index (χ3v) is 3.76. The lowest BCUT2D eigenvalue weighted by Gasteiger charge is -2.28. The molecule has 9 heteroatoms. The van der Waals surface area contributed by atoms with Gasteiger partial charge in [0.25, 0.3) is 5.91 Å². The van der Waals surface area contributed by atoms with E-state index >= 15 is 0 Å². The third kappa shape index (κ3) is 3.71. The van der Waals surface area contributed by atoms with E-state index in [2.05, 4.69) is 9.84 Å². The second kappa shape index (κ2) is 6.67. The van der Waals surface area contributed by atoms with E-state index in [0.717, 1.165) is 0 Å². The van der Waals surface area contributed by atoms with E-state index in [1.165, 1.54) is 15.8 Å². The Hall–Kier alpha value is -2.68. The van der Waals surface area contributed by atoms with Gasteiger partial charge in [0, 0.05) is 12.2 Å². The number of amides is 1. The van der Waals surface area contributed by atoms with E-state index in [1.807, 2.05) is 0 Å². The normalized spacial score (nSPS) is 14.5. The SMILES string of the molecule is O=Cc1cnn2c1C(=O)N(c1ccc(COCC(F)(F)F)cc1)CC2. The summed E-state index contributed by atoms with van der Waals surface area (Å²) in [6.45, 7) is -0.644. The first-order valence-corrected chi connectivity index (χ1v) is 7.45. The highest BCUT2D eigenvalue weighted by Gasteiger charge is 2.29. The van der Waals surface area contributed by atoms with Gasteiger partial charge in [-0.2, -0.15) is 18.3 Å². The molecule has 2 aromatic rings. The summed E-state index contributed by atoms with van der Waals surface area (Å²) < 4.78 is 42.3. The molecule has 0 spiro atoms. The number of nitrogens with zero attached hydrogens (tertiary/aromatic N) is 3. The second-order valence-electron chi connectivity index (χ2n) is 5.52. The number of alkyl halides is 3. The van der Waals surface area contributed by atoms with E-state index in [9.17, 15) is 22.8 Å². The van der Waals surface area contributed by atoms with Gasteiger partial charge in [-0.05, 0) is 17.7 Å². The predicted octanol–water partition coefficient (Wildman–Crippen LogP) is 2.43. The van der Waals surface area contributed by atoms with E-state index in [1.54, 1.807) is 24.3 Å². The van der Waals surface area contributed by atoms with Crippen LogP contribution < -0.4 is 4.90 Å². The van der Waals surface area contributed by atoms with Crippen LogP contribution >= 0.6 is 0 Å². The quantitative estimate of drug-likeness (QED) is 0.775. The Morgan fingerprint density at radius 2 is 1.92 bits per heavy atom. The monoisotopic (exact) mass is 353 g/mol. The van der Waals surface area contributed by atoms with Crippen LogP contribution in [0.2, 0.25) is 0 Å². The molecule has 1 aromatic carbocycles. The molecule has 0 saturated carbocycles. The van der Waals surface area contributed by atoms with Gasteiger partial charge in [-0.3, -0.25) is 14.3 Å². The number of benzene rings is 1. The molecule has 1 aromatic heterocycles. The van der Waals surface area contributed by atoms with Gasteiger partial charge in [0.2, 0.25) is 0 Å². The summed E-state index contributed by atoms with van der Waals surface area (Å²) >= 11 is 0. The second-order valence-corrected chi connectivity index (χ2v) is 5.52. The van der Waals surface area contributed by atoms with Crippen molar-refractivity contribution in [3.63, 3.8) is 0 Å². The van der Waals surface area contributed by atoms with Crippen LogP contribution in [0, 0.1) is 0 Å². The molecule has 1 amide bonds. The van der Waals surface area contributed by atoms with Crippen molar-refractivity contribution >= 4 is 17.9 Å². The average Bonchev–Trinajstić information content (AvgIpc) is 2.99. The molecule has 25 heavy (non-hydrogen) atoms. The highest BCUT2D eigenvalue weighted by Crippen LogP contribution is 2.23. The maximum atomic E-state index is 12.6. The molecule has 0 aliphatic carbocycles. The molecular weight excluding hydrogens is 339 g/mol. The van der Waals surface area contributed by atoms with E-state index < -0.39 is 12.8 Å². The number of ether oxygens (including phenoxy) is 1. The van der Waals surface area contributed by atoms with Gasteiger partial charge in [-0.25, -0.2) is 0 Å². The van der Waals surface area contributed by atoms with Crippen LogP contribution in [0.1, 0.15) is 26.4 Å². The van der Waals surface area contributed by atoms with Gasteiger partial charge < -0.3 is 9.64 Å². The molecule has 0 unspecified atom stereocenters. The van der Waals surface area contributed by atoms with E-state index in [4.69, 9.17) is 0 Å². The van der Waals surface area contributed by atoms with Crippen LogP contribution in [0.3, 0.4) is 0 Å². The molecule has 6 nitrogen and oxygen atoms in total. The van der Waals surface area contributed by atoms with Gasteiger partial charge in [-0.1, -0.05) is 12.1 Å². The highest BCUT2D eigenvalue weighted by molar-refractivity contribution is 6.09. The number of rotatable bonds is 5. The molecule has 2 heterocycles. The Labute approximate surface area is 140 Å². The smallest absolute Gasteiger partial charge is 0.367 e. The van der Waals surface area contributed by atoms with Crippen LogP contribution in [0.25, 0.3) is 0 Å².